The molecular weight excluding hydrogens is 458 g/mol. The molecule has 2 aromatic heterocycles. The summed E-state index contributed by atoms with van der Waals surface area (Å²) in [6.45, 7) is 6.43. The van der Waals surface area contributed by atoms with Crippen LogP contribution in [-0.4, -0.2) is 59.6 Å². The number of piperidine rings is 1. The van der Waals surface area contributed by atoms with E-state index in [0.29, 0.717) is 21.8 Å². The van der Waals surface area contributed by atoms with Crippen LogP contribution in [-0.2, 0) is 4.79 Å². The lowest BCUT2D eigenvalue weighted by Crippen LogP contribution is -2.44. The Balaban J connectivity index is 1.22. The van der Waals surface area contributed by atoms with Crippen molar-refractivity contribution in [2.24, 2.45) is 0 Å². The molecule has 3 aromatic rings. The third-order valence-electron chi connectivity index (χ3n) is 6.45. The SMILES string of the molecule is Cc1nc(N2CCC(N3CCCC3)CC2)nc2ccc(NC(=O)COc3cc(Cl)cs3)cc12. The number of hydrogen-bond acceptors (Lipinski definition) is 7. The van der Waals surface area contributed by atoms with Gasteiger partial charge in [-0.2, -0.15) is 0 Å². The number of amides is 1. The predicted octanol–water partition coefficient (Wildman–Crippen LogP) is 4.74. The molecule has 0 saturated carbocycles. The second-order valence-electron chi connectivity index (χ2n) is 8.72. The van der Waals surface area contributed by atoms with Crippen molar-refractivity contribution < 1.29 is 9.53 Å². The zero-order chi connectivity index (χ0) is 22.8. The monoisotopic (exact) mass is 485 g/mol. The molecule has 4 heterocycles. The van der Waals surface area contributed by atoms with Crippen LogP contribution in [0.1, 0.15) is 31.4 Å². The van der Waals surface area contributed by atoms with Gasteiger partial charge < -0.3 is 19.9 Å². The van der Waals surface area contributed by atoms with Crippen molar-refractivity contribution in [2.75, 3.05) is 43.0 Å². The zero-order valence-electron chi connectivity index (χ0n) is 18.7. The molecular formula is C24H28ClN5O2S. The number of hydrogen-bond donors (Lipinski definition) is 1. The molecule has 9 heteroatoms. The molecule has 2 aliphatic rings. The molecule has 33 heavy (non-hydrogen) atoms. The summed E-state index contributed by atoms with van der Waals surface area (Å²) in [5, 5.41) is 6.82. The van der Waals surface area contributed by atoms with Gasteiger partial charge in [0.15, 0.2) is 11.7 Å². The Labute approximate surface area is 202 Å². The van der Waals surface area contributed by atoms with Crippen LogP contribution in [0.5, 0.6) is 5.06 Å². The van der Waals surface area contributed by atoms with E-state index in [4.69, 9.17) is 26.3 Å². The van der Waals surface area contributed by atoms with Gasteiger partial charge in [-0.3, -0.25) is 4.79 Å². The number of nitrogens with one attached hydrogen (secondary N) is 1. The molecule has 174 valence electrons. The number of aromatic nitrogens is 2. The van der Waals surface area contributed by atoms with Crippen molar-refractivity contribution in [3.05, 3.63) is 40.4 Å². The van der Waals surface area contributed by atoms with Crippen LogP contribution in [0.2, 0.25) is 5.02 Å². The van der Waals surface area contributed by atoms with Crippen LogP contribution in [0, 0.1) is 6.92 Å². The van der Waals surface area contributed by atoms with Gasteiger partial charge in [0.2, 0.25) is 5.95 Å². The number of nitrogens with zero attached hydrogens (tertiary/aromatic N) is 4. The highest BCUT2D eigenvalue weighted by Gasteiger charge is 2.27. The van der Waals surface area contributed by atoms with Gasteiger partial charge in [0.25, 0.3) is 5.91 Å². The van der Waals surface area contributed by atoms with Crippen molar-refractivity contribution in [3.8, 4) is 5.06 Å². The molecule has 0 atom stereocenters. The number of benzene rings is 1. The summed E-state index contributed by atoms with van der Waals surface area (Å²) in [7, 11) is 0. The summed E-state index contributed by atoms with van der Waals surface area (Å²) in [6, 6.07) is 8.15. The molecule has 1 amide bonds. The van der Waals surface area contributed by atoms with E-state index in [0.717, 1.165) is 35.6 Å². The van der Waals surface area contributed by atoms with E-state index in [2.05, 4.69) is 15.1 Å². The minimum absolute atomic E-state index is 0.0727. The normalized spacial score (nSPS) is 17.6. The lowest BCUT2D eigenvalue weighted by molar-refractivity contribution is -0.118. The molecule has 0 spiro atoms. The minimum atomic E-state index is -0.227. The number of rotatable bonds is 6. The average molecular weight is 486 g/mol. The number of anilines is 2. The first-order valence-corrected chi connectivity index (χ1v) is 12.7. The number of carbonyl (C=O) groups is 1. The fourth-order valence-corrected chi connectivity index (χ4v) is 5.64. The lowest BCUT2D eigenvalue weighted by atomic mass is 10.0. The van der Waals surface area contributed by atoms with Crippen LogP contribution in [0.25, 0.3) is 10.9 Å². The van der Waals surface area contributed by atoms with Gasteiger partial charge in [0.1, 0.15) is 0 Å². The predicted molar refractivity (Wildman–Crippen MR) is 134 cm³/mol. The number of thiophene rings is 1. The molecule has 0 bridgehead atoms. The maximum atomic E-state index is 12.3. The largest absolute Gasteiger partial charge is 0.474 e. The fourth-order valence-electron chi connectivity index (χ4n) is 4.73. The molecule has 5 rings (SSSR count). The molecule has 1 N–H and O–H groups in total. The van der Waals surface area contributed by atoms with Crippen LogP contribution < -0.4 is 15.0 Å². The van der Waals surface area contributed by atoms with E-state index in [1.54, 1.807) is 11.4 Å². The number of carbonyl (C=O) groups excluding carboxylic acids is 1. The Morgan fingerprint density at radius 2 is 1.97 bits per heavy atom. The smallest absolute Gasteiger partial charge is 0.262 e. The molecule has 0 aliphatic carbocycles. The second kappa shape index (κ2) is 9.83. The van der Waals surface area contributed by atoms with Crippen molar-refractivity contribution >= 4 is 51.4 Å². The topological polar surface area (TPSA) is 70.6 Å². The van der Waals surface area contributed by atoms with Crippen LogP contribution >= 0.6 is 22.9 Å². The van der Waals surface area contributed by atoms with Gasteiger partial charge in [0, 0.05) is 41.7 Å². The van der Waals surface area contributed by atoms with E-state index in [-0.39, 0.29) is 12.5 Å². The summed E-state index contributed by atoms with van der Waals surface area (Å²) in [5.74, 6) is 0.578. The Morgan fingerprint density at radius 3 is 2.70 bits per heavy atom. The highest BCUT2D eigenvalue weighted by Crippen LogP contribution is 2.28. The molecule has 7 nitrogen and oxygen atoms in total. The summed E-state index contributed by atoms with van der Waals surface area (Å²) in [4.78, 5) is 26.9. The van der Waals surface area contributed by atoms with E-state index < -0.39 is 0 Å². The molecule has 1 aromatic carbocycles. The Kier molecular flexibility index (Phi) is 6.66. The standard InChI is InChI=1S/C24H28ClN5O2S/c1-16-20-13-18(27-22(31)14-32-23-12-17(25)15-33-23)4-5-21(20)28-24(26-16)30-10-6-19(7-11-30)29-8-2-3-9-29/h4-5,12-13,15,19H,2-3,6-11,14H2,1H3,(H,27,31). The van der Waals surface area contributed by atoms with E-state index >= 15 is 0 Å². The summed E-state index contributed by atoms with van der Waals surface area (Å²) in [5.41, 5.74) is 2.50. The summed E-state index contributed by atoms with van der Waals surface area (Å²) >= 11 is 7.25. The molecule has 2 aliphatic heterocycles. The van der Waals surface area contributed by atoms with Crippen LogP contribution in [0.3, 0.4) is 0 Å². The average Bonchev–Trinajstić information content (AvgIpc) is 3.50. The Bertz CT molecular complexity index is 1140. The first kappa shape index (κ1) is 22.4. The van der Waals surface area contributed by atoms with Gasteiger partial charge >= 0.3 is 0 Å². The number of halogens is 1. The highest BCUT2D eigenvalue weighted by atomic mass is 35.5. The Hall–Kier alpha value is -2.42. The van der Waals surface area contributed by atoms with Gasteiger partial charge in [-0.15, -0.1) is 11.3 Å². The van der Waals surface area contributed by atoms with Gasteiger partial charge in [-0.05, 0) is 63.9 Å². The maximum absolute atomic E-state index is 12.3. The summed E-state index contributed by atoms with van der Waals surface area (Å²) < 4.78 is 5.48. The van der Waals surface area contributed by atoms with E-state index in [1.807, 2.05) is 25.1 Å². The van der Waals surface area contributed by atoms with Crippen LogP contribution in [0.4, 0.5) is 11.6 Å². The number of fused-ring (bicyclic) bond motifs is 1. The summed E-state index contributed by atoms with van der Waals surface area (Å²) in [6.07, 6.45) is 5.02. The first-order chi connectivity index (χ1) is 16.0. The third kappa shape index (κ3) is 5.23. The van der Waals surface area contributed by atoms with E-state index in [1.165, 1.54) is 50.1 Å². The van der Waals surface area contributed by atoms with Crippen molar-refractivity contribution in [1.29, 1.82) is 0 Å². The maximum Gasteiger partial charge on any atom is 0.262 e. The van der Waals surface area contributed by atoms with Crippen LogP contribution in [0.15, 0.2) is 29.6 Å². The fraction of sp³-hybridized carbons (Fsp3) is 0.458. The van der Waals surface area contributed by atoms with Crippen molar-refractivity contribution in [3.63, 3.8) is 0 Å². The molecule has 2 fully saturated rings. The van der Waals surface area contributed by atoms with Gasteiger partial charge in [-0.1, -0.05) is 11.6 Å². The first-order valence-electron chi connectivity index (χ1n) is 11.5. The third-order valence-corrected chi connectivity index (χ3v) is 7.64. The zero-order valence-corrected chi connectivity index (χ0v) is 20.3. The lowest BCUT2D eigenvalue weighted by Gasteiger charge is -2.36. The second-order valence-corrected chi connectivity index (χ2v) is 10.0. The van der Waals surface area contributed by atoms with Gasteiger partial charge in [-0.25, -0.2) is 9.97 Å². The van der Waals surface area contributed by atoms with E-state index in [9.17, 15) is 4.79 Å². The number of likely N-dealkylation sites (tertiary alicyclic amines) is 1. The van der Waals surface area contributed by atoms with Gasteiger partial charge in [0.05, 0.1) is 16.2 Å². The molecule has 0 radical (unpaired) electrons. The Morgan fingerprint density at radius 1 is 1.18 bits per heavy atom. The molecule has 2 saturated heterocycles. The minimum Gasteiger partial charge on any atom is -0.474 e. The molecule has 0 unspecified atom stereocenters. The van der Waals surface area contributed by atoms with Crippen molar-refractivity contribution in [1.82, 2.24) is 14.9 Å². The quantitative estimate of drug-likeness (QED) is 0.544. The number of ether oxygens (including phenoxy) is 1. The van der Waals surface area contributed by atoms with Crippen molar-refractivity contribution in [2.45, 2.75) is 38.6 Å². The number of aryl methyl sites for hydroxylation is 1. The highest BCUT2D eigenvalue weighted by molar-refractivity contribution is 7.12.